The smallest absolute Gasteiger partial charge is 0.255 e. The molecular formula is C24H26N2O3. The molecule has 0 aliphatic carbocycles. The second-order valence-electron chi connectivity index (χ2n) is 7.40. The van der Waals surface area contributed by atoms with Crippen molar-refractivity contribution in [1.82, 2.24) is 4.90 Å². The Kier molecular flexibility index (Phi) is 6.39. The topological polar surface area (TPSA) is 54.7 Å². The van der Waals surface area contributed by atoms with Crippen LogP contribution in [0.1, 0.15) is 34.5 Å². The highest BCUT2D eigenvalue weighted by atomic mass is 16.5. The fourth-order valence-electron chi connectivity index (χ4n) is 3.63. The molecule has 150 valence electrons. The summed E-state index contributed by atoms with van der Waals surface area (Å²) in [4.78, 5) is 14.8. The second kappa shape index (κ2) is 9.54. The molecule has 3 aromatic rings. The average Bonchev–Trinajstić information content (AvgIpc) is 3.44. The van der Waals surface area contributed by atoms with Crippen LogP contribution in [0.3, 0.4) is 0 Å². The zero-order chi connectivity index (χ0) is 19.9. The number of benzene rings is 2. The molecule has 4 rings (SSSR count). The van der Waals surface area contributed by atoms with Crippen LogP contribution in [0, 0.1) is 0 Å². The van der Waals surface area contributed by atoms with Crippen LogP contribution < -0.4 is 5.32 Å². The summed E-state index contributed by atoms with van der Waals surface area (Å²) in [5.41, 5.74) is 2.60. The maximum atomic E-state index is 12.4. The molecule has 1 unspecified atom stereocenters. The van der Waals surface area contributed by atoms with Gasteiger partial charge in [-0.25, -0.2) is 0 Å². The van der Waals surface area contributed by atoms with E-state index in [1.807, 2.05) is 66.7 Å². The summed E-state index contributed by atoms with van der Waals surface area (Å²) in [7, 11) is 0. The number of amides is 1. The Morgan fingerprint density at radius 2 is 1.83 bits per heavy atom. The predicted molar refractivity (Wildman–Crippen MR) is 113 cm³/mol. The standard InChI is InChI=1S/C24H26N2O3/c27-24(25-21-6-2-1-3-7-21)20-12-10-19(11-13-20)16-26(17-22-8-4-14-28-22)18-23-9-5-15-29-23/h1-4,6-8,10-14,23H,5,9,15-18H2,(H,25,27). The molecule has 2 heterocycles. The van der Waals surface area contributed by atoms with Crippen molar-refractivity contribution in [3.05, 3.63) is 89.9 Å². The van der Waals surface area contributed by atoms with Crippen LogP contribution in [0.5, 0.6) is 0 Å². The summed E-state index contributed by atoms with van der Waals surface area (Å²) in [6.07, 6.45) is 4.22. The second-order valence-corrected chi connectivity index (χ2v) is 7.40. The Morgan fingerprint density at radius 1 is 1.00 bits per heavy atom. The minimum atomic E-state index is -0.102. The van der Waals surface area contributed by atoms with Crippen LogP contribution in [0.4, 0.5) is 5.69 Å². The summed E-state index contributed by atoms with van der Waals surface area (Å²) in [6.45, 7) is 3.24. The summed E-state index contributed by atoms with van der Waals surface area (Å²) in [6, 6.07) is 21.2. The molecule has 1 fully saturated rings. The highest BCUT2D eigenvalue weighted by Gasteiger charge is 2.20. The third-order valence-corrected chi connectivity index (χ3v) is 5.10. The first-order chi connectivity index (χ1) is 14.3. The van der Waals surface area contributed by atoms with E-state index in [4.69, 9.17) is 9.15 Å². The molecule has 1 saturated heterocycles. The highest BCUT2D eigenvalue weighted by Crippen LogP contribution is 2.18. The predicted octanol–water partition coefficient (Wildman–Crippen LogP) is 4.71. The lowest BCUT2D eigenvalue weighted by atomic mass is 10.1. The van der Waals surface area contributed by atoms with Crippen LogP contribution in [-0.2, 0) is 17.8 Å². The maximum Gasteiger partial charge on any atom is 0.255 e. The number of hydrogen-bond donors (Lipinski definition) is 1. The molecule has 5 nitrogen and oxygen atoms in total. The van der Waals surface area contributed by atoms with Gasteiger partial charge in [0.25, 0.3) is 5.91 Å². The first kappa shape index (κ1) is 19.4. The van der Waals surface area contributed by atoms with Crippen molar-refractivity contribution in [2.75, 3.05) is 18.5 Å². The van der Waals surface area contributed by atoms with Gasteiger partial charge in [-0.05, 0) is 54.8 Å². The van der Waals surface area contributed by atoms with E-state index in [2.05, 4.69) is 10.2 Å². The number of rotatable bonds is 8. The summed E-state index contributed by atoms with van der Waals surface area (Å²) in [5, 5.41) is 2.92. The van der Waals surface area contributed by atoms with Crippen LogP contribution >= 0.6 is 0 Å². The number of carbonyl (C=O) groups excluding carboxylic acids is 1. The van der Waals surface area contributed by atoms with Crippen LogP contribution in [0.15, 0.2) is 77.4 Å². The molecule has 0 spiro atoms. The Morgan fingerprint density at radius 3 is 2.52 bits per heavy atom. The van der Waals surface area contributed by atoms with Gasteiger partial charge in [0.05, 0.1) is 18.9 Å². The monoisotopic (exact) mass is 390 g/mol. The molecule has 5 heteroatoms. The summed E-state index contributed by atoms with van der Waals surface area (Å²) < 4.78 is 11.4. The van der Waals surface area contributed by atoms with Crippen molar-refractivity contribution in [1.29, 1.82) is 0 Å². The molecule has 1 amide bonds. The largest absolute Gasteiger partial charge is 0.468 e. The molecule has 0 radical (unpaired) electrons. The molecule has 1 atom stereocenters. The zero-order valence-corrected chi connectivity index (χ0v) is 16.4. The molecule has 1 aliphatic rings. The quantitative estimate of drug-likeness (QED) is 0.605. The Balaban J connectivity index is 1.39. The number of anilines is 1. The minimum absolute atomic E-state index is 0.102. The zero-order valence-electron chi connectivity index (χ0n) is 16.4. The lowest BCUT2D eigenvalue weighted by Crippen LogP contribution is -2.31. The number of hydrogen-bond acceptors (Lipinski definition) is 4. The molecule has 29 heavy (non-hydrogen) atoms. The molecule has 2 aromatic carbocycles. The number of nitrogens with one attached hydrogen (secondary N) is 1. The van der Waals surface area contributed by atoms with E-state index in [1.165, 1.54) is 0 Å². The summed E-state index contributed by atoms with van der Waals surface area (Å²) >= 11 is 0. The van der Waals surface area contributed by atoms with Gasteiger partial charge in [-0.2, -0.15) is 0 Å². The lowest BCUT2D eigenvalue weighted by molar-refractivity contribution is 0.0655. The molecule has 1 N–H and O–H groups in total. The molecular weight excluding hydrogens is 364 g/mol. The average molecular weight is 390 g/mol. The van der Waals surface area contributed by atoms with E-state index < -0.39 is 0 Å². The normalized spacial score (nSPS) is 16.2. The van der Waals surface area contributed by atoms with Crippen molar-refractivity contribution in [2.24, 2.45) is 0 Å². The van der Waals surface area contributed by atoms with Gasteiger partial charge in [0.15, 0.2) is 0 Å². The first-order valence-electron chi connectivity index (χ1n) is 10.1. The number of ether oxygens (including phenoxy) is 1. The van der Waals surface area contributed by atoms with Gasteiger partial charge in [0.1, 0.15) is 5.76 Å². The van der Waals surface area contributed by atoms with Crippen molar-refractivity contribution >= 4 is 11.6 Å². The van der Waals surface area contributed by atoms with E-state index >= 15 is 0 Å². The van der Waals surface area contributed by atoms with Gasteiger partial charge < -0.3 is 14.5 Å². The van der Waals surface area contributed by atoms with Gasteiger partial charge in [-0.15, -0.1) is 0 Å². The number of nitrogens with zero attached hydrogens (tertiary/aromatic N) is 1. The number of para-hydroxylation sites is 1. The first-order valence-corrected chi connectivity index (χ1v) is 10.1. The van der Waals surface area contributed by atoms with Gasteiger partial charge >= 0.3 is 0 Å². The lowest BCUT2D eigenvalue weighted by Gasteiger charge is -2.24. The Labute approximate surface area is 171 Å². The van der Waals surface area contributed by atoms with E-state index in [-0.39, 0.29) is 12.0 Å². The molecule has 1 aliphatic heterocycles. The van der Waals surface area contributed by atoms with Crippen molar-refractivity contribution in [2.45, 2.75) is 32.0 Å². The SMILES string of the molecule is O=C(Nc1ccccc1)c1ccc(CN(Cc2ccco2)CC2CCCO2)cc1. The van der Waals surface area contributed by atoms with Gasteiger partial charge in [-0.3, -0.25) is 9.69 Å². The third kappa shape index (κ3) is 5.56. The van der Waals surface area contributed by atoms with Crippen LogP contribution in [0.2, 0.25) is 0 Å². The number of furan rings is 1. The Hall–Kier alpha value is -2.89. The van der Waals surface area contributed by atoms with Crippen molar-refractivity contribution in [3.63, 3.8) is 0 Å². The van der Waals surface area contributed by atoms with Crippen LogP contribution in [0.25, 0.3) is 0 Å². The van der Waals surface area contributed by atoms with Crippen molar-refractivity contribution < 1.29 is 13.9 Å². The highest BCUT2D eigenvalue weighted by molar-refractivity contribution is 6.04. The number of carbonyl (C=O) groups is 1. The fraction of sp³-hybridized carbons (Fsp3) is 0.292. The molecule has 0 saturated carbocycles. The summed E-state index contributed by atoms with van der Waals surface area (Å²) in [5.74, 6) is 0.844. The molecule has 1 aromatic heterocycles. The Bertz CT molecular complexity index is 886. The van der Waals surface area contributed by atoms with Gasteiger partial charge in [0, 0.05) is 30.9 Å². The van der Waals surface area contributed by atoms with E-state index in [9.17, 15) is 4.79 Å². The van der Waals surface area contributed by atoms with Gasteiger partial charge in [0.2, 0.25) is 0 Å². The van der Waals surface area contributed by atoms with E-state index in [0.717, 1.165) is 56.1 Å². The maximum absolute atomic E-state index is 12.4. The fourth-order valence-corrected chi connectivity index (χ4v) is 3.63. The third-order valence-electron chi connectivity index (χ3n) is 5.10. The van der Waals surface area contributed by atoms with Crippen LogP contribution in [-0.4, -0.2) is 30.1 Å². The van der Waals surface area contributed by atoms with E-state index in [1.54, 1.807) is 6.26 Å². The van der Waals surface area contributed by atoms with Crippen molar-refractivity contribution in [3.8, 4) is 0 Å². The van der Waals surface area contributed by atoms with E-state index in [0.29, 0.717) is 5.56 Å². The molecule has 0 bridgehead atoms. The minimum Gasteiger partial charge on any atom is -0.468 e. The van der Waals surface area contributed by atoms with Gasteiger partial charge in [-0.1, -0.05) is 30.3 Å².